The van der Waals surface area contributed by atoms with E-state index in [-0.39, 0.29) is 24.0 Å². The van der Waals surface area contributed by atoms with Gasteiger partial charge in [0, 0.05) is 69.8 Å². The average Bonchev–Trinajstić information content (AvgIpc) is 3.74. The molecule has 0 radical (unpaired) electrons. The first-order chi connectivity index (χ1) is 21.9. The molecule has 1 saturated heterocycles. The molecular formula is C34H43NO12. The Morgan fingerprint density at radius 2 is 1.57 bits per heavy atom. The standard InChI is InChI=1S/C34H43NO12/c1-16-14-34(47-22(7)39)26(27(16)43-20(5)37)28(44-21(6)38)17(2)24(42-19(4)36)13-25(45-32(41)23-11-10-12-35-15-23)33(8,9)31-29(46-31)18(3)30(34)40/h10-12,15-16,18,24-29,31H,2,13-14H2,1,3-9H3/t16-,18-,24+,25+,26+,27-,28-,29+,31-,34+/m0/s1. The lowest BCUT2D eigenvalue weighted by Crippen LogP contribution is -2.58. The van der Waals surface area contributed by atoms with Gasteiger partial charge in [-0.05, 0) is 18.1 Å². The van der Waals surface area contributed by atoms with Crippen molar-refractivity contribution in [3.8, 4) is 0 Å². The van der Waals surface area contributed by atoms with E-state index >= 15 is 0 Å². The van der Waals surface area contributed by atoms with Gasteiger partial charge in [0.05, 0.1) is 23.7 Å². The molecule has 1 aromatic rings. The maximum atomic E-state index is 14.7. The first-order valence-corrected chi connectivity index (χ1v) is 15.6. The van der Waals surface area contributed by atoms with Gasteiger partial charge in [-0.3, -0.25) is 29.0 Å². The number of rotatable bonds is 6. The largest absolute Gasteiger partial charge is 0.462 e. The molecule has 2 aliphatic carbocycles. The van der Waals surface area contributed by atoms with E-state index in [2.05, 4.69) is 11.6 Å². The Labute approximate surface area is 273 Å². The van der Waals surface area contributed by atoms with Gasteiger partial charge in [0.15, 0.2) is 11.4 Å². The van der Waals surface area contributed by atoms with Crippen LogP contribution in [0.1, 0.15) is 78.6 Å². The van der Waals surface area contributed by atoms with Crippen molar-refractivity contribution in [2.24, 2.45) is 23.2 Å². The van der Waals surface area contributed by atoms with Crippen molar-refractivity contribution >= 4 is 35.6 Å². The van der Waals surface area contributed by atoms with Crippen LogP contribution >= 0.6 is 0 Å². The van der Waals surface area contributed by atoms with Crippen LogP contribution in [0.15, 0.2) is 36.7 Å². The van der Waals surface area contributed by atoms with Crippen molar-refractivity contribution in [3.05, 3.63) is 42.2 Å². The van der Waals surface area contributed by atoms with Crippen molar-refractivity contribution in [1.29, 1.82) is 0 Å². The number of fused-ring (bicyclic) bond motifs is 2. The van der Waals surface area contributed by atoms with E-state index in [9.17, 15) is 28.8 Å². The summed E-state index contributed by atoms with van der Waals surface area (Å²) in [6.45, 7) is 15.8. The van der Waals surface area contributed by atoms with E-state index in [0.717, 1.165) is 13.8 Å². The van der Waals surface area contributed by atoms with Crippen LogP contribution < -0.4 is 0 Å². The van der Waals surface area contributed by atoms with Crippen LogP contribution in [0.3, 0.4) is 0 Å². The third-order valence-corrected chi connectivity index (χ3v) is 9.40. The molecule has 1 aliphatic heterocycles. The lowest BCUT2D eigenvalue weighted by atomic mass is 9.70. The van der Waals surface area contributed by atoms with E-state index in [1.807, 2.05) is 0 Å². The molecular weight excluding hydrogens is 614 g/mol. The van der Waals surface area contributed by atoms with Crippen LogP contribution in [0, 0.1) is 23.2 Å². The van der Waals surface area contributed by atoms with Crippen LogP contribution in [-0.2, 0) is 52.4 Å². The molecule has 10 atom stereocenters. The summed E-state index contributed by atoms with van der Waals surface area (Å²) >= 11 is 0. The monoisotopic (exact) mass is 657 g/mol. The summed E-state index contributed by atoms with van der Waals surface area (Å²) in [5.41, 5.74) is -2.72. The van der Waals surface area contributed by atoms with Crippen molar-refractivity contribution in [2.75, 3.05) is 0 Å². The zero-order chi connectivity index (χ0) is 35.0. The maximum absolute atomic E-state index is 14.7. The van der Waals surface area contributed by atoms with Crippen LogP contribution in [0.4, 0.5) is 0 Å². The van der Waals surface area contributed by atoms with Gasteiger partial charge in [0.2, 0.25) is 0 Å². The predicted molar refractivity (Wildman–Crippen MR) is 162 cm³/mol. The van der Waals surface area contributed by atoms with Gasteiger partial charge in [-0.15, -0.1) is 0 Å². The fourth-order valence-corrected chi connectivity index (χ4v) is 7.25. The number of nitrogens with zero attached hydrogens (tertiary/aromatic N) is 1. The number of carbonyl (C=O) groups is 6. The zero-order valence-electron chi connectivity index (χ0n) is 28.0. The molecule has 2 saturated carbocycles. The highest BCUT2D eigenvalue weighted by atomic mass is 16.6. The van der Waals surface area contributed by atoms with Crippen LogP contribution in [0.25, 0.3) is 0 Å². The highest BCUT2D eigenvalue weighted by Crippen LogP contribution is 2.54. The molecule has 2 heterocycles. The molecule has 256 valence electrons. The second-order valence-corrected chi connectivity index (χ2v) is 13.3. The third kappa shape index (κ3) is 7.24. The maximum Gasteiger partial charge on any atom is 0.339 e. The fraction of sp³-hybridized carbons (Fsp3) is 0.618. The van der Waals surface area contributed by atoms with Gasteiger partial charge in [0.1, 0.15) is 24.4 Å². The smallest absolute Gasteiger partial charge is 0.339 e. The average molecular weight is 658 g/mol. The van der Waals surface area contributed by atoms with E-state index < -0.39 is 101 Å². The van der Waals surface area contributed by atoms with Crippen molar-refractivity contribution in [3.63, 3.8) is 0 Å². The number of aromatic nitrogens is 1. The van der Waals surface area contributed by atoms with Gasteiger partial charge in [-0.25, -0.2) is 4.79 Å². The minimum absolute atomic E-state index is 0.00991. The van der Waals surface area contributed by atoms with Crippen molar-refractivity contribution in [1.82, 2.24) is 4.98 Å². The molecule has 13 heteroatoms. The summed E-state index contributed by atoms with van der Waals surface area (Å²) < 4.78 is 35.5. The minimum atomic E-state index is -1.94. The van der Waals surface area contributed by atoms with Gasteiger partial charge in [-0.2, -0.15) is 0 Å². The molecule has 0 spiro atoms. The lowest BCUT2D eigenvalue weighted by molar-refractivity contribution is -0.186. The molecule has 1 aromatic heterocycles. The van der Waals surface area contributed by atoms with Gasteiger partial charge >= 0.3 is 29.8 Å². The minimum Gasteiger partial charge on any atom is -0.462 e. The summed E-state index contributed by atoms with van der Waals surface area (Å²) in [6, 6.07) is 3.12. The summed E-state index contributed by atoms with van der Waals surface area (Å²) in [5.74, 6) is -6.87. The summed E-state index contributed by atoms with van der Waals surface area (Å²) in [7, 11) is 0. The van der Waals surface area contributed by atoms with Crippen molar-refractivity contribution < 1.29 is 57.2 Å². The van der Waals surface area contributed by atoms with E-state index in [0.29, 0.717) is 0 Å². The first-order valence-electron chi connectivity index (χ1n) is 15.6. The molecule has 0 unspecified atom stereocenters. The Morgan fingerprint density at radius 1 is 0.936 bits per heavy atom. The molecule has 0 amide bonds. The van der Waals surface area contributed by atoms with E-state index in [1.165, 1.54) is 26.2 Å². The zero-order valence-corrected chi connectivity index (χ0v) is 28.0. The number of epoxide rings is 1. The van der Waals surface area contributed by atoms with Crippen LogP contribution in [-0.4, -0.2) is 82.8 Å². The first kappa shape index (κ1) is 35.7. The Kier molecular flexibility index (Phi) is 10.3. The van der Waals surface area contributed by atoms with Gasteiger partial charge in [0.25, 0.3) is 0 Å². The Bertz CT molecular complexity index is 1440. The number of hydrogen-bond acceptors (Lipinski definition) is 13. The second-order valence-electron chi connectivity index (χ2n) is 13.3. The summed E-state index contributed by atoms with van der Waals surface area (Å²) in [5, 5.41) is 0. The summed E-state index contributed by atoms with van der Waals surface area (Å²) in [6.07, 6.45) is -3.44. The fourth-order valence-electron chi connectivity index (χ4n) is 7.25. The predicted octanol–water partition coefficient (Wildman–Crippen LogP) is 3.32. The Balaban J connectivity index is 1.93. The highest BCUT2D eigenvalue weighted by Gasteiger charge is 2.68. The van der Waals surface area contributed by atoms with Crippen LogP contribution in [0.5, 0.6) is 0 Å². The van der Waals surface area contributed by atoms with E-state index in [4.69, 9.17) is 28.4 Å². The second kappa shape index (κ2) is 13.5. The molecule has 47 heavy (non-hydrogen) atoms. The lowest BCUT2D eigenvalue weighted by Gasteiger charge is -2.43. The highest BCUT2D eigenvalue weighted by molar-refractivity contribution is 5.93. The number of esters is 5. The molecule has 3 fully saturated rings. The number of carbonyl (C=O) groups excluding carboxylic acids is 6. The number of ketones is 1. The Morgan fingerprint density at radius 3 is 2.13 bits per heavy atom. The quantitative estimate of drug-likeness (QED) is 0.189. The third-order valence-electron chi connectivity index (χ3n) is 9.40. The topological polar surface area (TPSA) is 174 Å². The normalized spacial score (nSPS) is 34.7. The molecule has 4 rings (SSSR count). The number of Topliss-reactive ketones (excluding diaryl/α,β-unsaturated/α-hetero) is 1. The Hall–Kier alpha value is -4.13. The van der Waals surface area contributed by atoms with E-state index in [1.54, 1.807) is 39.8 Å². The number of pyridine rings is 1. The molecule has 0 aromatic carbocycles. The van der Waals surface area contributed by atoms with Crippen molar-refractivity contribution in [2.45, 2.75) is 110 Å². The number of hydrogen-bond donors (Lipinski definition) is 0. The van der Waals surface area contributed by atoms with Crippen LogP contribution in [0.2, 0.25) is 0 Å². The van der Waals surface area contributed by atoms with Gasteiger partial charge in [-0.1, -0.05) is 34.3 Å². The SMILES string of the molecule is C=C1[C@H](OC(C)=O)C[C@@H](OC(=O)c2cccnc2)C(C)(C)[C@H]2O[C@@H]2[C@H](C)C(=O)[C@@]2(OC(C)=O)C[C@H](C)[C@H](OC(C)=O)[C@@H]2[C@H]1OC(C)=O. The summed E-state index contributed by atoms with van der Waals surface area (Å²) in [4.78, 5) is 82.4. The number of ether oxygens (including phenoxy) is 6. The molecule has 13 nitrogen and oxygen atoms in total. The molecule has 0 N–H and O–H groups in total. The van der Waals surface area contributed by atoms with Gasteiger partial charge < -0.3 is 28.4 Å². The molecule has 3 aliphatic rings. The molecule has 0 bridgehead atoms.